The van der Waals surface area contributed by atoms with E-state index < -0.39 is 0 Å². The van der Waals surface area contributed by atoms with Crippen molar-refractivity contribution in [2.45, 2.75) is 109 Å². The summed E-state index contributed by atoms with van der Waals surface area (Å²) >= 11 is 0. The largest absolute Gasteiger partial charge is 0.463 e. The SMILES string of the molecule is O=C(CCCCC(CC1CCCCC1)OO)OCCOC1CCCCC1. The first-order valence-corrected chi connectivity index (χ1v) is 10.9. The van der Waals surface area contributed by atoms with Crippen LogP contribution in [-0.2, 0) is 19.2 Å². The molecule has 0 amide bonds. The fourth-order valence-corrected chi connectivity index (χ4v) is 4.32. The summed E-state index contributed by atoms with van der Waals surface area (Å²) in [5.74, 6) is 0.543. The van der Waals surface area contributed by atoms with Crippen molar-refractivity contribution >= 4 is 5.97 Å². The van der Waals surface area contributed by atoms with Gasteiger partial charge in [0.05, 0.1) is 18.8 Å². The molecular weight excluding hydrogens is 332 g/mol. The Kier molecular flexibility index (Phi) is 11.2. The summed E-state index contributed by atoms with van der Waals surface area (Å²) in [5.41, 5.74) is 0. The zero-order chi connectivity index (χ0) is 18.5. The van der Waals surface area contributed by atoms with E-state index in [0.29, 0.717) is 31.7 Å². The molecule has 152 valence electrons. The summed E-state index contributed by atoms with van der Waals surface area (Å²) < 4.78 is 11.0. The molecule has 0 aromatic rings. The minimum absolute atomic E-state index is 0.0852. The summed E-state index contributed by atoms with van der Waals surface area (Å²) in [5, 5.41) is 9.11. The Bertz CT molecular complexity index is 361. The number of rotatable bonds is 12. The van der Waals surface area contributed by atoms with Gasteiger partial charge >= 0.3 is 5.97 Å². The molecule has 0 aromatic heterocycles. The Hall–Kier alpha value is -0.650. The number of carbonyl (C=O) groups excluding carboxylic acids is 1. The van der Waals surface area contributed by atoms with Gasteiger partial charge in [0.1, 0.15) is 6.61 Å². The molecule has 2 rings (SSSR count). The van der Waals surface area contributed by atoms with Crippen LogP contribution in [0, 0.1) is 5.92 Å². The van der Waals surface area contributed by atoms with Gasteiger partial charge in [-0.3, -0.25) is 10.1 Å². The summed E-state index contributed by atoms with van der Waals surface area (Å²) in [6, 6.07) is 0. The lowest BCUT2D eigenvalue weighted by Crippen LogP contribution is -2.20. The molecule has 0 aromatic carbocycles. The van der Waals surface area contributed by atoms with Crippen LogP contribution < -0.4 is 0 Å². The van der Waals surface area contributed by atoms with Crippen molar-refractivity contribution in [3.63, 3.8) is 0 Å². The van der Waals surface area contributed by atoms with E-state index in [1.165, 1.54) is 51.4 Å². The molecule has 0 radical (unpaired) electrons. The monoisotopic (exact) mass is 370 g/mol. The lowest BCUT2D eigenvalue weighted by molar-refractivity contribution is -0.283. The molecule has 26 heavy (non-hydrogen) atoms. The highest BCUT2D eigenvalue weighted by Gasteiger charge is 2.19. The second-order valence-corrected chi connectivity index (χ2v) is 8.06. The molecule has 0 spiro atoms. The van der Waals surface area contributed by atoms with Gasteiger partial charge in [0.2, 0.25) is 0 Å². The minimum Gasteiger partial charge on any atom is -0.463 e. The van der Waals surface area contributed by atoms with Crippen molar-refractivity contribution in [3.05, 3.63) is 0 Å². The Morgan fingerprint density at radius 1 is 0.923 bits per heavy atom. The first-order valence-electron chi connectivity index (χ1n) is 10.9. The number of hydrogen-bond donors (Lipinski definition) is 1. The molecule has 5 nitrogen and oxygen atoms in total. The van der Waals surface area contributed by atoms with Crippen LogP contribution in [0.2, 0.25) is 0 Å². The molecule has 1 N–H and O–H groups in total. The lowest BCUT2D eigenvalue weighted by atomic mass is 9.84. The zero-order valence-electron chi connectivity index (χ0n) is 16.3. The predicted octanol–water partition coefficient (Wildman–Crippen LogP) is 5.27. The third-order valence-corrected chi connectivity index (χ3v) is 5.88. The van der Waals surface area contributed by atoms with Gasteiger partial charge in [0.15, 0.2) is 0 Å². The Labute approximate surface area is 158 Å². The number of unbranched alkanes of at least 4 members (excludes halogenated alkanes) is 1. The van der Waals surface area contributed by atoms with E-state index in [9.17, 15) is 4.79 Å². The van der Waals surface area contributed by atoms with Crippen LogP contribution in [0.15, 0.2) is 0 Å². The van der Waals surface area contributed by atoms with Crippen molar-refractivity contribution in [3.8, 4) is 0 Å². The van der Waals surface area contributed by atoms with Crippen LogP contribution in [0.3, 0.4) is 0 Å². The maximum atomic E-state index is 11.8. The Morgan fingerprint density at radius 2 is 1.62 bits per heavy atom. The quantitative estimate of drug-likeness (QED) is 0.219. The van der Waals surface area contributed by atoms with Crippen LogP contribution in [0.5, 0.6) is 0 Å². The highest BCUT2D eigenvalue weighted by atomic mass is 17.1. The summed E-state index contributed by atoms with van der Waals surface area (Å²) in [4.78, 5) is 16.4. The maximum Gasteiger partial charge on any atom is 0.305 e. The van der Waals surface area contributed by atoms with Gasteiger partial charge in [0, 0.05) is 6.42 Å². The number of ether oxygens (including phenoxy) is 2. The van der Waals surface area contributed by atoms with Gasteiger partial charge in [-0.15, -0.1) is 0 Å². The average molecular weight is 371 g/mol. The summed E-state index contributed by atoms with van der Waals surface area (Å²) in [6.45, 7) is 0.873. The van der Waals surface area contributed by atoms with E-state index in [1.54, 1.807) is 0 Å². The normalized spacial score (nSPS) is 20.8. The average Bonchev–Trinajstić information content (AvgIpc) is 2.69. The van der Waals surface area contributed by atoms with Gasteiger partial charge in [-0.2, -0.15) is 0 Å². The molecule has 0 bridgehead atoms. The molecule has 0 heterocycles. The maximum absolute atomic E-state index is 11.8. The van der Waals surface area contributed by atoms with Crippen molar-refractivity contribution in [1.82, 2.24) is 0 Å². The summed E-state index contributed by atoms with van der Waals surface area (Å²) in [7, 11) is 0. The Morgan fingerprint density at radius 3 is 2.31 bits per heavy atom. The topological polar surface area (TPSA) is 65.0 Å². The van der Waals surface area contributed by atoms with Gasteiger partial charge in [-0.1, -0.05) is 57.8 Å². The first-order chi connectivity index (χ1) is 12.8. The van der Waals surface area contributed by atoms with Crippen LogP contribution in [0.1, 0.15) is 96.3 Å². The minimum atomic E-state index is -0.147. The van der Waals surface area contributed by atoms with E-state index >= 15 is 0 Å². The Balaban J connectivity index is 1.44. The molecule has 0 saturated heterocycles. The van der Waals surface area contributed by atoms with Gasteiger partial charge in [0.25, 0.3) is 0 Å². The van der Waals surface area contributed by atoms with Gasteiger partial charge in [-0.05, 0) is 38.0 Å². The van der Waals surface area contributed by atoms with Crippen molar-refractivity contribution < 1.29 is 24.4 Å². The van der Waals surface area contributed by atoms with E-state index in [1.807, 2.05) is 0 Å². The predicted molar refractivity (Wildman–Crippen MR) is 101 cm³/mol. The van der Waals surface area contributed by atoms with Gasteiger partial charge in [-0.25, -0.2) is 4.89 Å². The number of carbonyl (C=O) groups is 1. The van der Waals surface area contributed by atoms with Crippen molar-refractivity contribution in [1.29, 1.82) is 0 Å². The fourth-order valence-electron chi connectivity index (χ4n) is 4.32. The number of esters is 1. The highest BCUT2D eigenvalue weighted by Crippen LogP contribution is 2.29. The van der Waals surface area contributed by atoms with E-state index in [4.69, 9.17) is 14.7 Å². The number of hydrogen-bond acceptors (Lipinski definition) is 5. The summed E-state index contributed by atoms with van der Waals surface area (Å²) in [6.07, 6.45) is 16.7. The van der Waals surface area contributed by atoms with E-state index in [0.717, 1.165) is 38.5 Å². The lowest BCUT2D eigenvalue weighted by Gasteiger charge is -2.24. The van der Waals surface area contributed by atoms with Gasteiger partial charge < -0.3 is 9.47 Å². The van der Waals surface area contributed by atoms with Crippen LogP contribution in [-0.4, -0.2) is 36.6 Å². The zero-order valence-corrected chi connectivity index (χ0v) is 16.3. The van der Waals surface area contributed by atoms with Crippen molar-refractivity contribution in [2.75, 3.05) is 13.2 Å². The first kappa shape index (κ1) is 21.6. The molecule has 0 aliphatic heterocycles. The fraction of sp³-hybridized carbons (Fsp3) is 0.952. The standard InChI is InChI=1S/C21H38O5/c22-21(25-16-15-24-19-11-5-2-6-12-19)14-8-7-13-20(26-23)17-18-9-3-1-4-10-18/h18-20,23H,1-17H2. The highest BCUT2D eigenvalue weighted by molar-refractivity contribution is 5.69. The molecule has 2 aliphatic carbocycles. The molecule has 2 aliphatic rings. The molecule has 2 saturated carbocycles. The molecule has 2 fully saturated rings. The van der Waals surface area contributed by atoms with E-state index in [2.05, 4.69) is 4.89 Å². The van der Waals surface area contributed by atoms with E-state index in [-0.39, 0.29) is 12.1 Å². The van der Waals surface area contributed by atoms with Crippen LogP contribution in [0.4, 0.5) is 0 Å². The third-order valence-electron chi connectivity index (χ3n) is 5.88. The molecule has 1 unspecified atom stereocenters. The van der Waals surface area contributed by atoms with Crippen LogP contribution >= 0.6 is 0 Å². The third kappa shape index (κ3) is 9.33. The second kappa shape index (κ2) is 13.5. The van der Waals surface area contributed by atoms with Crippen LogP contribution in [0.25, 0.3) is 0 Å². The second-order valence-electron chi connectivity index (χ2n) is 8.06. The van der Waals surface area contributed by atoms with Crippen molar-refractivity contribution in [2.24, 2.45) is 5.92 Å². The molecule has 5 heteroatoms. The molecular formula is C21H38O5. The smallest absolute Gasteiger partial charge is 0.305 e. The molecule has 1 atom stereocenters.